The first-order valence-electron chi connectivity index (χ1n) is 0.557. The molecule has 0 saturated carbocycles. The Morgan fingerprint density at radius 3 is 2.25 bits per heavy atom. The summed E-state index contributed by atoms with van der Waals surface area (Å²) in [6.07, 6.45) is 0. The third-order valence-electron chi connectivity index (χ3n) is 0.0289. The molecule has 0 unspecified atom stereocenters. The van der Waals surface area contributed by atoms with E-state index >= 15 is 0 Å². The molecule has 0 aromatic carbocycles. The standard InChI is InChI=1S/CHNS.Pt/c2-1-3;/h3H;/q;+1/p-1. The molecule has 0 aliphatic rings. The van der Waals surface area contributed by atoms with Gasteiger partial charge in [0.15, 0.2) is 0 Å². The van der Waals surface area contributed by atoms with Crippen LogP contribution in [-0.2, 0) is 18.5 Å². The molecule has 0 N–H and O–H groups in total. The summed E-state index contributed by atoms with van der Waals surface area (Å²) in [6.45, 7) is 0. The first kappa shape index (κ1) is 4.53. The van der Waals surface area contributed by atoms with Gasteiger partial charge >= 0.3 is 38.7 Å². The molecule has 0 amide bonds. The van der Waals surface area contributed by atoms with Gasteiger partial charge in [-0.3, -0.25) is 0 Å². The molecule has 0 heterocycles. The topological polar surface area (TPSA) is 23.8 Å². The molecule has 0 spiro atoms. The van der Waals surface area contributed by atoms with Crippen LogP contribution in [0.15, 0.2) is 0 Å². The second kappa shape index (κ2) is 3.53. The summed E-state index contributed by atoms with van der Waals surface area (Å²) in [7, 11) is 1.13. The maximum absolute atomic E-state index is 7.58. The van der Waals surface area contributed by atoms with Gasteiger partial charge in [-0.1, -0.05) is 0 Å². The van der Waals surface area contributed by atoms with Crippen molar-refractivity contribution in [1.82, 2.24) is 0 Å². The number of nitrogens with zero attached hydrogens (tertiary/aromatic N) is 1. The van der Waals surface area contributed by atoms with Crippen LogP contribution in [0.25, 0.3) is 0 Å². The minimum absolute atomic E-state index is 1.13. The molecular weight excluding hydrogens is 253 g/mol. The Balaban J connectivity index is 2.43. The number of thiocyanates is 1. The summed E-state index contributed by atoms with van der Waals surface area (Å²) < 4.78 is 0. The summed E-state index contributed by atoms with van der Waals surface area (Å²) in [5, 5.41) is 9.42. The summed E-state index contributed by atoms with van der Waals surface area (Å²) in [5.41, 5.74) is 0. The average Bonchev–Trinajstić information content (AvgIpc) is 1.37. The summed E-state index contributed by atoms with van der Waals surface area (Å²) >= 11 is 1.89. The third kappa shape index (κ3) is 2.53. The van der Waals surface area contributed by atoms with Crippen LogP contribution in [0, 0.1) is 10.7 Å². The zero-order valence-corrected chi connectivity index (χ0v) is 4.76. The fourth-order valence-electron chi connectivity index (χ4n) is 0. The summed E-state index contributed by atoms with van der Waals surface area (Å²) in [5.74, 6) is 0. The van der Waals surface area contributed by atoms with Crippen molar-refractivity contribution < 1.29 is 18.5 Å². The molecule has 0 aliphatic carbocycles. The van der Waals surface area contributed by atoms with Crippen LogP contribution in [0.4, 0.5) is 0 Å². The predicted molar refractivity (Wildman–Crippen MR) is 13.2 cm³/mol. The van der Waals surface area contributed by atoms with Crippen molar-refractivity contribution in [3.05, 3.63) is 0 Å². The Kier molecular flexibility index (Phi) is 3.99. The van der Waals surface area contributed by atoms with Crippen molar-refractivity contribution in [3.63, 3.8) is 0 Å². The predicted octanol–water partition coefficient (Wildman–Crippen LogP) is 0.662. The molecule has 0 atom stereocenters. The molecule has 4 heavy (non-hydrogen) atoms. The monoisotopic (exact) mass is 253 g/mol. The van der Waals surface area contributed by atoms with Crippen molar-refractivity contribution in [2.24, 2.45) is 0 Å². The van der Waals surface area contributed by atoms with Crippen LogP contribution in [0.1, 0.15) is 0 Å². The molecule has 0 aromatic rings. The van der Waals surface area contributed by atoms with Crippen molar-refractivity contribution in [3.8, 4) is 5.40 Å². The van der Waals surface area contributed by atoms with E-state index in [4.69, 9.17) is 5.26 Å². The third-order valence-corrected chi connectivity index (χ3v) is 0.709. The van der Waals surface area contributed by atoms with Gasteiger partial charge in [0.1, 0.15) is 0 Å². The van der Waals surface area contributed by atoms with Gasteiger partial charge in [-0.05, 0) is 0 Å². The van der Waals surface area contributed by atoms with Gasteiger partial charge in [-0.15, -0.1) is 0 Å². The molecule has 0 fully saturated rings. The average molecular weight is 253 g/mol. The fraction of sp³-hybridized carbons (Fsp3) is 0. The van der Waals surface area contributed by atoms with Gasteiger partial charge in [0.2, 0.25) is 0 Å². The zero-order chi connectivity index (χ0) is 3.41. The molecule has 0 rings (SSSR count). The maximum atomic E-state index is 7.58. The number of hydrogen-bond acceptors (Lipinski definition) is 2. The molecule has 0 aromatic heterocycles. The van der Waals surface area contributed by atoms with Crippen molar-refractivity contribution in [2.75, 3.05) is 0 Å². The summed E-state index contributed by atoms with van der Waals surface area (Å²) in [6, 6.07) is 0. The first-order valence-corrected chi connectivity index (χ1v) is 4.01. The van der Waals surface area contributed by atoms with E-state index in [1.807, 2.05) is 23.9 Å². The van der Waals surface area contributed by atoms with Gasteiger partial charge in [-0.2, -0.15) is 0 Å². The van der Waals surface area contributed by atoms with E-state index < -0.39 is 0 Å². The SMILES string of the molecule is N#C[S][Pt]. The molecule has 0 saturated heterocycles. The second-order valence-electron chi connectivity index (χ2n) is 0.156. The molecule has 0 aliphatic heterocycles. The van der Waals surface area contributed by atoms with Crippen LogP contribution < -0.4 is 0 Å². The van der Waals surface area contributed by atoms with Gasteiger partial charge in [0.25, 0.3) is 0 Å². The zero-order valence-electron chi connectivity index (χ0n) is 1.67. The van der Waals surface area contributed by atoms with E-state index in [1.165, 1.54) is 0 Å². The molecule has 0 radical (unpaired) electrons. The molecule has 1 nitrogen and oxygen atoms in total. The van der Waals surface area contributed by atoms with E-state index in [-0.39, 0.29) is 0 Å². The second-order valence-corrected chi connectivity index (χ2v) is 1.86. The Morgan fingerprint density at radius 1 is 2.00 bits per heavy atom. The molecule has 3 heteroatoms. The van der Waals surface area contributed by atoms with Gasteiger partial charge in [-0.25, -0.2) is 0 Å². The van der Waals surface area contributed by atoms with Gasteiger partial charge in [0.05, 0.1) is 0 Å². The Morgan fingerprint density at radius 2 is 2.25 bits per heavy atom. The summed E-state index contributed by atoms with van der Waals surface area (Å²) in [4.78, 5) is 0. The van der Waals surface area contributed by atoms with Crippen LogP contribution in [0.3, 0.4) is 0 Å². The first-order chi connectivity index (χ1) is 1.91. The van der Waals surface area contributed by atoms with E-state index in [9.17, 15) is 0 Å². The molecule has 0 bridgehead atoms. The Labute approximate surface area is 39.0 Å². The van der Waals surface area contributed by atoms with Crippen molar-refractivity contribution >= 4 is 9.47 Å². The van der Waals surface area contributed by atoms with Crippen LogP contribution in [-0.4, -0.2) is 0 Å². The normalized spacial score (nSPS) is 5.25. The minimum atomic E-state index is 1.13. The number of nitriles is 1. The van der Waals surface area contributed by atoms with E-state index in [0.29, 0.717) is 0 Å². The van der Waals surface area contributed by atoms with Crippen molar-refractivity contribution in [1.29, 1.82) is 5.26 Å². The molecule has 25 valence electrons. The molecular formula is CNPtS. The van der Waals surface area contributed by atoms with Crippen LogP contribution in [0.5, 0.6) is 0 Å². The fourth-order valence-corrected chi connectivity index (χ4v) is 0. The van der Waals surface area contributed by atoms with Gasteiger partial charge < -0.3 is 0 Å². The van der Waals surface area contributed by atoms with Crippen molar-refractivity contribution in [2.45, 2.75) is 0 Å². The number of hydrogen-bond donors (Lipinski definition) is 0. The number of rotatable bonds is 0. The van der Waals surface area contributed by atoms with E-state index in [0.717, 1.165) is 9.47 Å². The van der Waals surface area contributed by atoms with E-state index in [2.05, 4.69) is 0 Å². The van der Waals surface area contributed by atoms with Gasteiger partial charge in [0, 0.05) is 0 Å². The quantitative estimate of drug-likeness (QED) is 0.592. The Bertz CT molecular complexity index is 37.8. The Hall–Kier alpha value is 0.528. The van der Waals surface area contributed by atoms with Crippen LogP contribution in [0.2, 0.25) is 0 Å². The van der Waals surface area contributed by atoms with E-state index in [1.54, 1.807) is 0 Å². The van der Waals surface area contributed by atoms with Crippen LogP contribution >= 0.6 is 9.47 Å².